The van der Waals surface area contributed by atoms with Crippen molar-refractivity contribution in [2.24, 2.45) is 11.8 Å². The molecule has 0 saturated heterocycles. The molecule has 0 aromatic carbocycles. The van der Waals surface area contributed by atoms with Gasteiger partial charge in [0.15, 0.2) is 0 Å². The molecule has 0 radical (unpaired) electrons. The number of hydrogen-bond donors (Lipinski definition) is 2. The molecule has 2 atom stereocenters. The van der Waals surface area contributed by atoms with Crippen molar-refractivity contribution < 1.29 is 9.90 Å². The molecular formula is C14H20N2O2. The van der Waals surface area contributed by atoms with E-state index in [9.17, 15) is 4.79 Å². The lowest BCUT2D eigenvalue weighted by atomic mass is 9.88. The maximum Gasteiger partial charge on any atom is 0.306 e. The van der Waals surface area contributed by atoms with Gasteiger partial charge in [-0.15, -0.1) is 0 Å². The van der Waals surface area contributed by atoms with Crippen molar-refractivity contribution in [3.05, 3.63) is 30.1 Å². The Morgan fingerprint density at radius 3 is 2.89 bits per heavy atom. The molecule has 1 heterocycles. The van der Waals surface area contributed by atoms with E-state index in [-0.39, 0.29) is 11.3 Å². The summed E-state index contributed by atoms with van der Waals surface area (Å²) in [5.41, 5.74) is 1.03. The van der Waals surface area contributed by atoms with E-state index in [0.29, 0.717) is 5.92 Å². The first-order valence-corrected chi connectivity index (χ1v) is 6.36. The Morgan fingerprint density at radius 2 is 2.33 bits per heavy atom. The molecule has 1 fully saturated rings. The largest absolute Gasteiger partial charge is 0.481 e. The fourth-order valence-electron chi connectivity index (χ4n) is 2.20. The summed E-state index contributed by atoms with van der Waals surface area (Å²) in [6.45, 7) is 5.88. The van der Waals surface area contributed by atoms with Crippen LogP contribution in [0.3, 0.4) is 0 Å². The SMILES string of the molecule is CC(C)(CNCC1CC1C(=O)O)c1ccccn1. The maximum atomic E-state index is 10.7. The van der Waals surface area contributed by atoms with E-state index in [2.05, 4.69) is 24.1 Å². The Hall–Kier alpha value is -1.42. The second-order valence-electron chi connectivity index (χ2n) is 5.67. The number of aliphatic carboxylic acids is 1. The van der Waals surface area contributed by atoms with Crippen LogP contribution in [-0.4, -0.2) is 29.1 Å². The summed E-state index contributed by atoms with van der Waals surface area (Å²) in [6, 6.07) is 5.93. The number of nitrogens with zero attached hydrogens (tertiary/aromatic N) is 1. The zero-order valence-corrected chi connectivity index (χ0v) is 10.9. The highest BCUT2D eigenvalue weighted by Gasteiger charge is 2.42. The van der Waals surface area contributed by atoms with Gasteiger partial charge in [-0.2, -0.15) is 0 Å². The quantitative estimate of drug-likeness (QED) is 0.804. The van der Waals surface area contributed by atoms with Gasteiger partial charge in [0.25, 0.3) is 0 Å². The van der Waals surface area contributed by atoms with Gasteiger partial charge in [0.2, 0.25) is 0 Å². The van der Waals surface area contributed by atoms with Crippen LogP contribution in [0, 0.1) is 11.8 Å². The van der Waals surface area contributed by atoms with Gasteiger partial charge in [-0.1, -0.05) is 19.9 Å². The van der Waals surface area contributed by atoms with Crippen LogP contribution in [0.2, 0.25) is 0 Å². The van der Waals surface area contributed by atoms with Crippen molar-refractivity contribution >= 4 is 5.97 Å². The van der Waals surface area contributed by atoms with Gasteiger partial charge in [0, 0.05) is 23.9 Å². The number of pyridine rings is 1. The number of rotatable bonds is 6. The first-order chi connectivity index (χ1) is 8.50. The molecule has 1 saturated carbocycles. The van der Waals surface area contributed by atoms with Crippen LogP contribution in [0.5, 0.6) is 0 Å². The fraction of sp³-hybridized carbons (Fsp3) is 0.571. The van der Waals surface area contributed by atoms with Crippen molar-refractivity contribution in [2.75, 3.05) is 13.1 Å². The second kappa shape index (κ2) is 5.06. The van der Waals surface area contributed by atoms with Crippen molar-refractivity contribution in [3.63, 3.8) is 0 Å². The van der Waals surface area contributed by atoms with Gasteiger partial charge in [-0.3, -0.25) is 9.78 Å². The lowest BCUT2D eigenvalue weighted by Gasteiger charge is -2.24. The highest BCUT2D eigenvalue weighted by molar-refractivity contribution is 5.73. The molecular weight excluding hydrogens is 228 g/mol. The highest BCUT2D eigenvalue weighted by atomic mass is 16.4. The normalized spacial score (nSPS) is 22.8. The van der Waals surface area contributed by atoms with Gasteiger partial charge in [-0.25, -0.2) is 0 Å². The smallest absolute Gasteiger partial charge is 0.306 e. The molecule has 1 aromatic heterocycles. The van der Waals surface area contributed by atoms with Crippen LogP contribution in [0.1, 0.15) is 26.0 Å². The van der Waals surface area contributed by atoms with Gasteiger partial charge < -0.3 is 10.4 Å². The van der Waals surface area contributed by atoms with E-state index in [4.69, 9.17) is 5.11 Å². The molecule has 1 aliphatic carbocycles. The molecule has 2 N–H and O–H groups in total. The standard InChI is InChI=1S/C14H20N2O2/c1-14(2,12-5-3-4-6-16-12)9-15-8-10-7-11(10)13(17)18/h3-6,10-11,15H,7-9H2,1-2H3,(H,17,18). The third kappa shape index (κ3) is 3.07. The Labute approximate surface area is 107 Å². The van der Waals surface area contributed by atoms with Crippen LogP contribution in [0.15, 0.2) is 24.4 Å². The van der Waals surface area contributed by atoms with E-state index in [0.717, 1.165) is 25.2 Å². The van der Waals surface area contributed by atoms with E-state index in [1.807, 2.05) is 18.2 Å². The Morgan fingerprint density at radius 1 is 1.56 bits per heavy atom. The summed E-state index contributed by atoms with van der Waals surface area (Å²) >= 11 is 0. The van der Waals surface area contributed by atoms with Crippen LogP contribution >= 0.6 is 0 Å². The summed E-state index contributed by atoms with van der Waals surface area (Å²) in [7, 11) is 0. The lowest BCUT2D eigenvalue weighted by molar-refractivity contribution is -0.138. The molecule has 4 nitrogen and oxygen atoms in total. The van der Waals surface area contributed by atoms with E-state index in [1.165, 1.54) is 0 Å². The Kier molecular flexibility index (Phi) is 3.66. The lowest BCUT2D eigenvalue weighted by Crippen LogP contribution is -2.35. The Balaban J connectivity index is 1.78. The van der Waals surface area contributed by atoms with Gasteiger partial charge in [0.05, 0.1) is 5.92 Å². The fourth-order valence-corrected chi connectivity index (χ4v) is 2.20. The van der Waals surface area contributed by atoms with E-state index < -0.39 is 5.97 Å². The number of carbonyl (C=O) groups is 1. The van der Waals surface area contributed by atoms with E-state index in [1.54, 1.807) is 6.20 Å². The number of carboxylic acid groups (broad SMARTS) is 1. The number of nitrogens with one attached hydrogen (secondary N) is 1. The predicted molar refractivity (Wildman–Crippen MR) is 69.4 cm³/mol. The zero-order valence-electron chi connectivity index (χ0n) is 10.9. The average Bonchev–Trinajstić information content (AvgIpc) is 3.10. The molecule has 18 heavy (non-hydrogen) atoms. The third-order valence-electron chi connectivity index (χ3n) is 3.57. The summed E-state index contributed by atoms with van der Waals surface area (Å²) in [4.78, 5) is 15.1. The third-order valence-corrected chi connectivity index (χ3v) is 3.57. The van der Waals surface area contributed by atoms with Crippen molar-refractivity contribution in [1.82, 2.24) is 10.3 Å². The van der Waals surface area contributed by atoms with Crippen LogP contribution in [0.25, 0.3) is 0 Å². The average molecular weight is 248 g/mol. The molecule has 0 aliphatic heterocycles. The minimum absolute atomic E-state index is 0.0329. The van der Waals surface area contributed by atoms with Crippen molar-refractivity contribution in [3.8, 4) is 0 Å². The van der Waals surface area contributed by atoms with Gasteiger partial charge >= 0.3 is 5.97 Å². The second-order valence-corrected chi connectivity index (χ2v) is 5.67. The minimum Gasteiger partial charge on any atom is -0.481 e. The van der Waals surface area contributed by atoms with E-state index >= 15 is 0 Å². The highest BCUT2D eigenvalue weighted by Crippen LogP contribution is 2.37. The number of aromatic nitrogens is 1. The minimum atomic E-state index is -0.661. The first-order valence-electron chi connectivity index (χ1n) is 6.36. The topological polar surface area (TPSA) is 62.2 Å². The summed E-state index contributed by atoms with van der Waals surface area (Å²) in [5, 5.41) is 12.2. The number of hydrogen-bond acceptors (Lipinski definition) is 3. The molecule has 4 heteroatoms. The molecule has 0 spiro atoms. The molecule has 2 unspecified atom stereocenters. The van der Waals surface area contributed by atoms with Crippen LogP contribution in [0.4, 0.5) is 0 Å². The van der Waals surface area contributed by atoms with Crippen molar-refractivity contribution in [1.29, 1.82) is 0 Å². The molecule has 2 rings (SSSR count). The molecule has 98 valence electrons. The number of carboxylic acids is 1. The molecule has 0 bridgehead atoms. The molecule has 0 amide bonds. The first kappa shape index (κ1) is 13.0. The van der Waals surface area contributed by atoms with Crippen LogP contribution in [-0.2, 0) is 10.2 Å². The molecule has 1 aliphatic rings. The maximum absolute atomic E-state index is 10.7. The molecule has 1 aromatic rings. The zero-order chi connectivity index (χ0) is 13.2. The van der Waals surface area contributed by atoms with Crippen molar-refractivity contribution in [2.45, 2.75) is 25.7 Å². The van der Waals surface area contributed by atoms with Gasteiger partial charge in [-0.05, 0) is 31.0 Å². The Bertz CT molecular complexity index is 417. The van der Waals surface area contributed by atoms with Crippen LogP contribution < -0.4 is 5.32 Å². The monoisotopic (exact) mass is 248 g/mol. The summed E-state index contributed by atoms with van der Waals surface area (Å²) in [5.74, 6) is -0.483. The van der Waals surface area contributed by atoms with Gasteiger partial charge in [0.1, 0.15) is 0 Å². The summed E-state index contributed by atoms with van der Waals surface area (Å²) in [6.07, 6.45) is 2.62. The predicted octanol–water partition coefficient (Wildman–Crippen LogP) is 1.67. The summed E-state index contributed by atoms with van der Waals surface area (Å²) < 4.78 is 0.